The highest BCUT2D eigenvalue weighted by molar-refractivity contribution is 7.89. The molecule has 2 aromatic rings. The molecule has 2 aromatic heterocycles. The number of nitrogens with zero attached hydrogens (tertiary/aromatic N) is 1. The molecule has 2 rings (SSSR count). The van der Waals surface area contributed by atoms with E-state index in [1.807, 2.05) is 0 Å². The molecule has 14 heavy (non-hydrogen) atoms. The van der Waals surface area contributed by atoms with Gasteiger partial charge in [0.05, 0.1) is 11.7 Å². The maximum Gasteiger partial charge on any atom is 0.255 e. The van der Waals surface area contributed by atoms with Crippen LogP contribution in [0.2, 0.25) is 0 Å². The molecule has 2 heterocycles. The fourth-order valence-electron chi connectivity index (χ4n) is 1.09. The second-order valence-corrected chi connectivity index (χ2v) is 4.14. The lowest BCUT2D eigenvalue weighted by molar-refractivity contribution is 0.594. The molecule has 0 aliphatic heterocycles. The lowest BCUT2D eigenvalue weighted by Crippen LogP contribution is -2.13. The van der Waals surface area contributed by atoms with Crippen LogP contribution in [-0.4, -0.2) is 18.4 Å². The minimum Gasteiger partial charge on any atom is -0.360 e. The number of pyridine rings is 1. The van der Waals surface area contributed by atoms with Gasteiger partial charge in [0.15, 0.2) is 5.03 Å². The fraction of sp³-hybridized carbons (Fsp3) is 0. The van der Waals surface area contributed by atoms with E-state index in [-0.39, 0.29) is 17.4 Å². The van der Waals surface area contributed by atoms with Crippen LogP contribution in [0, 0.1) is 0 Å². The summed E-state index contributed by atoms with van der Waals surface area (Å²) in [6, 6.07) is 3.19. The topological polar surface area (TPSA) is 88.8 Å². The van der Waals surface area contributed by atoms with Gasteiger partial charge in [0.2, 0.25) is 0 Å². The van der Waals surface area contributed by atoms with E-state index in [1.54, 1.807) is 12.3 Å². The Bertz CT molecular complexity index is 549. The van der Waals surface area contributed by atoms with Crippen LogP contribution in [0.15, 0.2) is 29.6 Å². The van der Waals surface area contributed by atoms with Crippen molar-refractivity contribution < 1.29 is 8.42 Å². The number of primary sulfonamides is 1. The Balaban J connectivity index is 0.000000980. The van der Waals surface area contributed by atoms with Crippen LogP contribution in [-0.2, 0) is 10.0 Å². The van der Waals surface area contributed by atoms with E-state index < -0.39 is 10.0 Å². The van der Waals surface area contributed by atoms with Crippen LogP contribution in [0.3, 0.4) is 0 Å². The van der Waals surface area contributed by atoms with Crippen molar-refractivity contribution in [2.75, 3.05) is 0 Å². The Morgan fingerprint density at radius 1 is 1.43 bits per heavy atom. The van der Waals surface area contributed by atoms with E-state index in [9.17, 15) is 8.42 Å². The first-order valence-electron chi connectivity index (χ1n) is 3.53. The molecule has 0 amide bonds. The Labute approximate surface area is 86.8 Å². The summed E-state index contributed by atoms with van der Waals surface area (Å²) in [5.74, 6) is 0. The van der Waals surface area contributed by atoms with Crippen molar-refractivity contribution in [3.63, 3.8) is 0 Å². The second-order valence-electron chi connectivity index (χ2n) is 2.63. The highest BCUT2D eigenvalue weighted by Gasteiger charge is 2.09. The number of sulfonamides is 1. The molecule has 0 saturated heterocycles. The van der Waals surface area contributed by atoms with Gasteiger partial charge in [-0.2, -0.15) is 0 Å². The number of hydrogen-bond acceptors (Lipinski definition) is 3. The largest absolute Gasteiger partial charge is 0.360 e. The lowest BCUT2D eigenvalue weighted by atomic mass is 10.3. The third kappa shape index (κ3) is 1.87. The van der Waals surface area contributed by atoms with E-state index in [2.05, 4.69) is 9.97 Å². The van der Waals surface area contributed by atoms with Crippen molar-refractivity contribution in [1.82, 2.24) is 9.97 Å². The van der Waals surface area contributed by atoms with E-state index in [0.717, 1.165) is 10.9 Å². The number of halogens is 1. The van der Waals surface area contributed by atoms with E-state index in [4.69, 9.17) is 5.14 Å². The molecule has 7 heteroatoms. The fourth-order valence-corrected chi connectivity index (χ4v) is 1.58. The van der Waals surface area contributed by atoms with Gasteiger partial charge in [0, 0.05) is 11.6 Å². The zero-order chi connectivity index (χ0) is 9.47. The molecule has 0 radical (unpaired) electrons. The van der Waals surface area contributed by atoms with Gasteiger partial charge < -0.3 is 4.98 Å². The van der Waals surface area contributed by atoms with E-state index >= 15 is 0 Å². The average molecular weight is 234 g/mol. The first kappa shape index (κ1) is 11.0. The Morgan fingerprint density at radius 3 is 2.79 bits per heavy atom. The molecule has 0 aromatic carbocycles. The van der Waals surface area contributed by atoms with Gasteiger partial charge in [0.1, 0.15) is 0 Å². The summed E-state index contributed by atoms with van der Waals surface area (Å²) < 4.78 is 21.8. The van der Waals surface area contributed by atoms with Crippen molar-refractivity contribution >= 4 is 33.3 Å². The SMILES string of the molecule is Cl.NS(=O)(=O)c1cc2cc[nH]c2cn1. The molecular weight excluding hydrogens is 226 g/mol. The first-order chi connectivity index (χ1) is 6.07. The molecule has 0 fully saturated rings. The highest BCUT2D eigenvalue weighted by Crippen LogP contribution is 2.13. The van der Waals surface area contributed by atoms with Crippen LogP contribution >= 0.6 is 12.4 Å². The van der Waals surface area contributed by atoms with E-state index in [0.29, 0.717) is 0 Å². The third-order valence-electron chi connectivity index (χ3n) is 1.70. The standard InChI is InChI=1S/C7H7N3O2S.ClH/c8-13(11,12)7-3-5-1-2-9-6(5)4-10-7;/h1-4,9H,(H2,8,11,12);1H. The smallest absolute Gasteiger partial charge is 0.255 e. The second kappa shape index (κ2) is 3.56. The van der Waals surface area contributed by atoms with Crippen LogP contribution in [0.4, 0.5) is 0 Å². The molecule has 0 aliphatic rings. The molecule has 0 saturated carbocycles. The summed E-state index contributed by atoms with van der Waals surface area (Å²) in [4.78, 5) is 6.61. The quantitative estimate of drug-likeness (QED) is 0.757. The maximum absolute atomic E-state index is 10.9. The zero-order valence-corrected chi connectivity index (χ0v) is 8.60. The summed E-state index contributed by atoms with van der Waals surface area (Å²) in [6.45, 7) is 0. The van der Waals surface area contributed by atoms with Gasteiger partial charge in [-0.25, -0.2) is 18.5 Å². The van der Waals surface area contributed by atoms with E-state index in [1.165, 1.54) is 12.3 Å². The molecule has 0 spiro atoms. The summed E-state index contributed by atoms with van der Waals surface area (Å²) in [5.41, 5.74) is 0.785. The highest BCUT2D eigenvalue weighted by atomic mass is 35.5. The minimum atomic E-state index is -3.70. The monoisotopic (exact) mass is 233 g/mol. The van der Waals surface area contributed by atoms with Gasteiger partial charge >= 0.3 is 0 Å². The molecule has 5 nitrogen and oxygen atoms in total. The molecule has 0 atom stereocenters. The molecule has 3 N–H and O–H groups in total. The molecule has 0 aliphatic carbocycles. The predicted octanol–water partition coefficient (Wildman–Crippen LogP) is 0.632. The average Bonchev–Trinajstić information content (AvgIpc) is 2.47. The maximum atomic E-state index is 10.9. The van der Waals surface area contributed by atoms with Crippen molar-refractivity contribution in [1.29, 1.82) is 0 Å². The summed E-state index contributed by atoms with van der Waals surface area (Å²) in [6.07, 6.45) is 3.15. The lowest BCUT2D eigenvalue weighted by Gasteiger charge is -1.95. The number of hydrogen-bond donors (Lipinski definition) is 2. The van der Waals surface area contributed by atoms with Crippen molar-refractivity contribution in [2.24, 2.45) is 5.14 Å². The van der Waals surface area contributed by atoms with Gasteiger partial charge in [0.25, 0.3) is 10.0 Å². The number of H-pyrrole nitrogens is 1. The molecule has 0 unspecified atom stereocenters. The van der Waals surface area contributed by atoms with Gasteiger partial charge in [-0.15, -0.1) is 12.4 Å². The summed E-state index contributed by atoms with van der Waals surface area (Å²) in [7, 11) is -3.70. The van der Waals surface area contributed by atoms with Crippen molar-refractivity contribution in [2.45, 2.75) is 5.03 Å². The number of fused-ring (bicyclic) bond motifs is 1. The van der Waals surface area contributed by atoms with Crippen molar-refractivity contribution in [3.8, 4) is 0 Å². The third-order valence-corrected chi connectivity index (χ3v) is 2.51. The summed E-state index contributed by atoms with van der Waals surface area (Å²) in [5, 5.41) is 5.58. The predicted molar refractivity (Wildman–Crippen MR) is 54.7 cm³/mol. The number of nitrogens with two attached hydrogens (primary N) is 1. The number of aromatic nitrogens is 2. The van der Waals surface area contributed by atoms with Gasteiger partial charge in [-0.1, -0.05) is 0 Å². The Hall–Kier alpha value is -1.11. The molecular formula is C7H8ClN3O2S. The Morgan fingerprint density at radius 2 is 2.14 bits per heavy atom. The zero-order valence-electron chi connectivity index (χ0n) is 6.97. The van der Waals surface area contributed by atoms with Gasteiger partial charge in [-0.05, 0) is 12.1 Å². The first-order valence-corrected chi connectivity index (χ1v) is 5.08. The molecule has 76 valence electrons. The number of rotatable bonds is 1. The van der Waals surface area contributed by atoms with Crippen LogP contribution < -0.4 is 5.14 Å². The number of nitrogens with one attached hydrogen (secondary N) is 1. The van der Waals surface area contributed by atoms with Crippen LogP contribution in [0.1, 0.15) is 0 Å². The summed E-state index contributed by atoms with van der Waals surface area (Å²) >= 11 is 0. The normalized spacial score (nSPS) is 11.2. The Kier molecular flexibility index (Phi) is 2.79. The van der Waals surface area contributed by atoms with Crippen LogP contribution in [0.5, 0.6) is 0 Å². The molecule has 0 bridgehead atoms. The van der Waals surface area contributed by atoms with Gasteiger partial charge in [-0.3, -0.25) is 0 Å². The number of aromatic amines is 1. The van der Waals surface area contributed by atoms with Crippen molar-refractivity contribution in [3.05, 3.63) is 24.5 Å². The minimum absolute atomic E-state index is 0. The van der Waals surface area contributed by atoms with Crippen LogP contribution in [0.25, 0.3) is 10.9 Å².